The number of rotatable bonds is 5. The van der Waals surface area contributed by atoms with Crippen molar-refractivity contribution in [3.63, 3.8) is 0 Å². The fourth-order valence-corrected chi connectivity index (χ4v) is 4.19. The summed E-state index contributed by atoms with van der Waals surface area (Å²) in [6.07, 6.45) is 0. The van der Waals surface area contributed by atoms with Crippen LogP contribution in [0.25, 0.3) is 0 Å². The first-order chi connectivity index (χ1) is 16.4. The van der Waals surface area contributed by atoms with Crippen LogP contribution in [0.3, 0.4) is 0 Å². The van der Waals surface area contributed by atoms with Gasteiger partial charge in [0, 0.05) is 16.8 Å². The summed E-state index contributed by atoms with van der Waals surface area (Å²) >= 11 is 0. The highest BCUT2D eigenvalue weighted by atomic mass is 19.1. The molecule has 0 aromatic heterocycles. The number of carbonyl (C=O) groups is 2. The summed E-state index contributed by atoms with van der Waals surface area (Å²) in [6.45, 7) is 1.73. The standard InChI is InChI=1S/C26H25FN2O5/c1-15-5-10-20-19(11-15)24(16-6-8-18(27)9-7-16)29(14-23(30)28-20)26(31)17-12-21(32-2)25(34-4)22(13-17)33-3/h5-13,24H,14H2,1-4H3,(H,28,30)/t24-/m0/s1. The van der Waals surface area contributed by atoms with Gasteiger partial charge in [-0.25, -0.2) is 4.39 Å². The number of halogens is 1. The van der Waals surface area contributed by atoms with Gasteiger partial charge in [0.2, 0.25) is 11.7 Å². The van der Waals surface area contributed by atoms with E-state index < -0.39 is 17.8 Å². The van der Waals surface area contributed by atoms with E-state index in [0.29, 0.717) is 28.5 Å². The lowest BCUT2D eigenvalue weighted by Gasteiger charge is -2.31. The lowest BCUT2D eigenvalue weighted by Crippen LogP contribution is -2.39. The number of nitrogens with one attached hydrogen (secondary N) is 1. The maximum Gasteiger partial charge on any atom is 0.255 e. The highest BCUT2D eigenvalue weighted by molar-refractivity contribution is 6.02. The fraction of sp³-hybridized carbons (Fsp3) is 0.231. The lowest BCUT2D eigenvalue weighted by atomic mass is 9.94. The second-order valence-corrected chi connectivity index (χ2v) is 7.94. The Morgan fingerprint density at radius 2 is 1.62 bits per heavy atom. The predicted molar refractivity (Wildman–Crippen MR) is 125 cm³/mol. The maximum atomic E-state index is 13.9. The first-order valence-electron chi connectivity index (χ1n) is 10.6. The number of carbonyl (C=O) groups excluding carboxylic acids is 2. The van der Waals surface area contributed by atoms with Crippen LogP contribution in [-0.2, 0) is 4.79 Å². The van der Waals surface area contributed by atoms with E-state index in [4.69, 9.17) is 14.2 Å². The third-order valence-electron chi connectivity index (χ3n) is 5.76. The Kier molecular flexibility index (Phi) is 6.40. The number of hydrogen-bond acceptors (Lipinski definition) is 5. The summed E-state index contributed by atoms with van der Waals surface area (Å²) in [7, 11) is 4.40. The Morgan fingerprint density at radius 3 is 2.21 bits per heavy atom. The molecule has 0 saturated heterocycles. The van der Waals surface area contributed by atoms with Crippen LogP contribution in [0.2, 0.25) is 0 Å². The molecule has 0 bridgehead atoms. The zero-order valence-electron chi connectivity index (χ0n) is 19.3. The first-order valence-corrected chi connectivity index (χ1v) is 10.6. The van der Waals surface area contributed by atoms with Crippen LogP contribution in [-0.4, -0.2) is 44.6 Å². The largest absolute Gasteiger partial charge is 0.493 e. The molecule has 0 radical (unpaired) electrons. The van der Waals surface area contributed by atoms with E-state index in [2.05, 4.69) is 5.32 Å². The van der Waals surface area contributed by atoms with Crippen molar-refractivity contribution in [2.45, 2.75) is 13.0 Å². The minimum absolute atomic E-state index is 0.203. The topological polar surface area (TPSA) is 77.1 Å². The van der Waals surface area contributed by atoms with Gasteiger partial charge in [0.1, 0.15) is 12.4 Å². The number of benzene rings is 3. The molecule has 0 aliphatic carbocycles. The second-order valence-electron chi connectivity index (χ2n) is 7.94. The molecule has 7 nitrogen and oxygen atoms in total. The normalized spacial score (nSPS) is 15.1. The number of anilines is 1. The number of fused-ring (bicyclic) bond motifs is 1. The smallest absolute Gasteiger partial charge is 0.255 e. The van der Waals surface area contributed by atoms with Crippen LogP contribution < -0.4 is 19.5 Å². The van der Waals surface area contributed by atoms with Gasteiger partial charge >= 0.3 is 0 Å². The molecule has 0 spiro atoms. The van der Waals surface area contributed by atoms with Crippen molar-refractivity contribution < 1.29 is 28.2 Å². The molecule has 4 rings (SSSR count). The molecule has 0 unspecified atom stereocenters. The third kappa shape index (κ3) is 4.26. The van der Waals surface area contributed by atoms with Crippen LogP contribution in [0.1, 0.15) is 33.1 Å². The highest BCUT2D eigenvalue weighted by Gasteiger charge is 2.35. The SMILES string of the molecule is COc1cc(C(=O)N2CC(=O)Nc3ccc(C)cc3[C@@H]2c2ccc(F)cc2)cc(OC)c1OC. The van der Waals surface area contributed by atoms with Gasteiger partial charge in [-0.15, -0.1) is 0 Å². The lowest BCUT2D eigenvalue weighted by molar-refractivity contribution is -0.117. The van der Waals surface area contributed by atoms with Crippen molar-refractivity contribution in [1.82, 2.24) is 4.90 Å². The summed E-state index contributed by atoms with van der Waals surface area (Å²) in [6, 6.07) is 14.0. The Morgan fingerprint density at radius 1 is 0.971 bits per heavy atom. The Hall–Kier alpha value is -4.07. The van der Waals surface area contributed by atoms with E-state index in [1.807, 2.05) is 25.1 Å². The number of hydrogen-bond donors (Lipinski definition) is 1. The molecule has 3 aromatic rings. The van der Waals surface area contributed by atoms with E-state index in [-0.39, 0.29) is 18.0 Å². The number of nitrogens with zero attached hydrogens (tertiary/aromatic N) is 1. The van der Waals surface area contributed by atoms with Crippen LogP contribution in [0, 0.1) is 12.7 Å². The van der Waals surface area contributed by atoms with Crippen LogP contribution >= 0.6 is 0 Å². The van der Waals surface area contributed by atoms with E-state index in [1.54, 1.807) is 24.3 Å². The van der Waals surface area contributed by atoms with Crippen molar-refractivity contribution in [3.8, 4) is 17.2 Å². The molecule has 1 aliphatic heterocycles. The zero-order chi connectivity index (χ0) is 24.4. The first kappa shape index (κ1) is 23.1. The molecule has 1 atom stereocenters. The second kappa shape index (κ2) is 9.43. The Balaban J connectivity index is 1.90. The Labute approximate surface area is 197 Å². The Bertz CT molecular complexity index is 1220. The minimum Gasteiger partial charge on any atom is -0.493 e. The summed E-state index contributed by atoms with van der Waals surface area (Å²) in [5.74, 6) is -0.156. The van der Waals surface area contributed by atoms with Gasteiger partial charge in [0.05, 0.1) is 27.4 Å². The van der Waals surface area contributed by atoms with E-state index in [0.717, 1.165) is 11.1 Å². The molecule has 176 valence electrons. The summed E-state index contributed by atoms with van der Waals surface area (Å²) in [4.78, 5) is 28.2. The van der Waals surface area contributed by atoms with Crippen molar-refractivity contribution in [2.24, 2.45) is 0 Å². The maximum absolute atomic E-state index is 13.9. The molecule has 1 heterocycles. The van der Waals surface area contributed by atoms with Crippen molar-refractivity contribution in [2.75, 3.05) is 33.2 Å². The van der Waals surface area contributed by atoms with Crippen LogP contribution in [0.15, 0.2) is 54.6 Å². The molecule has 0 saturated carbocycles. The average molecular weight is 464 g/mol. The molecule has 3 aromatic carbocycles. The van der Waals surface area contributed by atoms with Crippen molar-refractivity contribution >= 4 is 17.5 Å². The monoisotopic (exact) mass is 464 g/mol. The van der Waals surface area contributed by atoms with Gasteiger partial charge in [0.25, 0.3) is 5.91 Å². The highest BCUT2D eigenvalue weighted by Crippen LogP contribution is 2.41. The molecule has 8 heteroatoms. The number of aryl methyl sites for hydroxylation is 1. The summed E-state index contributed by atoms with van der Waals surface area (Å²) in [5.41, 5.74) is 3.22. The molecule has 0 fully saturated rings. The van der Waals surface area contributed by atoms with Gasteiger partial charge in [0.15, 0.2) is 11.5 Å². The minimum atomic E-state index is -0.638. The van der Waals surface area contributed by atoms with E-state index in [1.165, 1.54) is 38.4 Å². The van der Waals surface area contributed by atoms with Crippen LogP contribution in [0.4, 0.5) is 10.1 Å². The molecule has 34 heavy (non-hydrogen) atoms. The van der Waals surface area contributed by atoms with Crippen molar-refractivity contribution in [3.05, 3.63) is 82.7 Å². The molecule has 1 aliphatic rings. The van der Waals surface area contributed by atoms with Gasteiger partial charge < -0.3 is 24.4 Å². The molecular formula is C26H25FN2O5. The van der Waals surface area contributed by atoms with Crippen LogP contribution in [0.5, 0.6) is 17.2 Å². The van der Waals surface area contributed by atoms with E-state index >= 15 is 0 Å². The van der Waals surface area contributed by atoms with Gasteiger partial charge in [-0.2, -0.15) is 0 Å². The molecule has 2 amide bonds. The third-order valence-corrected chi connectivity index (χ3v) is 5.76. The van der Waals surface area contributed by atoms with E-state index in [9.17, 15) is 14.0 Å². The fourth-order valence-electron chi connectivity index (χ4n) is 4.19. The van der Waals surface area contributed by atoms with Gasteiger partial charge in [-0.05, 0) is 42.8 Å². The molecular weight excluding hydrogens is 439 g/mol. The van der Waals surface area contributed by atoms with Gasteiger partial charge in [-0.3, -0.25) is 9.59 Å². The van der Waals surface area contributed by atoms with Gasteiger partial charge in [-0.1, -0.05) is 29.8 Å². The quantitative estimate of drug-likeness (QED) is 0.608. The number of ether oxygens (including phenoxy) is 3. The predicted octanol–water partition coefficient (Wildman–Crippen LogP) is 4.34. The zero-order valence-corrected chi connectivity index (χ0v) is 19.3. The number of amides is 2. The average Bonchev–Trinajstić information content (AvgIpc) is 2.98. The number of methoxy groups -OCH3 is 3. The summed E-state index contributed by atoms with van der Waals surface area (Å²) < 4.78 is 29.9. The summed E-state index contributed by atoms with van der Waals surface area (Å²) in [5, 5.41) is 2.88. The van der Waals surface area contributed by atoms with Crippen molar-refractivity contribution in [1.29, 1.82) is 0 Å². The molecule has 1 N–H and O–H groups in total.